The lowest BCUT2D eigenvalue weighted by Gasteiger charge is -2.12. The van der Waals surface area contributed by atoms with Crippen LogP contribution < -0.4 is 11.5 Å². The molecule has 0 amide bonds. The second-order valence-electron chi connectivity index (χ2n) is 23.6. The Balaban J connectivity index is 0.000000124. The lowest BCUT2D eigenvalue weighted by molar-refractivity contribution is 0.747. The van der Waals surface area contributed by atoms with Crippen LogP contribution in [-0.4, -0.2) is 0 Å². The van der Waals surface area contributed by atoms with E-state index in [9.17, 15) is 0 Å². The molecule has 4 N–H and O–H groups in total. The summed E-state index contributed by atoms with van der Waals surface area (Å²) in [4.78, 5) is 0. The lowest BCUT2D eigenvalue weighted by Crippen LogP contribution is -1.95. The van der Waals surface area contributed by atoms with E-state index < -0.39 is 0 Å². The van der Waals surface area contributed by atoms with E-state index in [-0.39, 0.29) is 0 Å². The van der Waals surface area contributed by atoms with E-state index in [1.807, 2.05) is 0 Å². The van der Waals surface area contributed by atoms with Crippen LogP contribution in [0.1, 0.15) is 164 Å². The van der Waals surface area contributed by atoms with E-state index in [0.717, 1.165) is 53.1 Å². The van der Waals surface area contributed by atoms with E-state index in [0.29, 0.717) is 0 Å². The average Bonchev–Trinajstić information content (AvgIpc) is 4.19. The number of allylic oxidation sites excluding steroid dienone is 1. The number of nitrogen functional groups attached to an aromatic ring is 2. The highest BCUT2D eigenvalue weighted by atomic mass is 14.6. The molecule has 0 spiro atoms. The average molecular weight is 1000 g/mol. The molecule has 12 rings (SSSR count). The number of aryl methyl sites for hydroxylation is 12. The highest BCUT2D eigenvalue weighted by molar-refractivity contribution is 5.78. The van der Waals surface area contributed by atoms with Crippen molar-refractivity contribution in [2.45, 2.75) is 159 Å². The molecule has 2 heteroatoms. The maximum Gasteiger partial charge on any atom is 0.0373 e. The van der Waals surface area contributed by atoms with Gasteiger partial charge in [0.1, 0.15) is 0 Å². The van der Waals surface area contributed by atoms with Crippen LogP contribution in [0.3, 0.4) is 0 Å². The van der Waals surface area contributed by atoms with Crippen molar-refractivity contribution in [2.24, 2.45) is 0 Å². The number of hydrogen-bond donors (Lipinski definition) is 2. The van der Waals surface area contributed by atoms with Crippen LogP contribution in [0.15, 0.2) is 128 Å². The molecular formula is C74H84N2. The van der Waals surface area contributed by atoms with Crippen LogP contribution in [-0.2, 0) is 25.7 Å². The third-order valence-corrected chi connectivity index (χ3v) is 18.1. The molecule has 0 radical (unpaired) electrons. The Bertz CT molecular complexity index is 3320. The van der Waals surface area contributed by atoms with Gasteiger partial charge >= 0.3 is 0 Å². The molecular weight excluding hydrogens is 917 g/mol. The number of fused-ring (bicyclic) bond motifs is 4. The number of rotatable bonds is 4. The molecule has 0 saturated heterocycles. The molecule has 4 aliphatic rings. The van der Waals surface area contributed by atoms with Gasteiger partial charge in [0, 0.05) is 11.4 Å². The van der Waals surface area contributed by atoms with Gasteiger partial charge in [-0.1, -0.05) is 118 Å². The Morgan fingerprint density at radius 3 is 1.07 bits per heavy atom. The molecule has 0 heterocycles. The Labute approximate surface area is 457 Å². The molecule has 390 valence electrons. The zero-order chi connectivity index (χ0) is 54.3. The first kappa shape index (κ1) is 53.9. The minimum absolute atomic E-state index is 0.721. The highest BCUT2D eigenvalue weighted by Gasteiger charge is 2.22. The second kappa shape index (κ2) is 22.4. The maximum absolute atomic E-state index is 6.04. The summed E-state index contributed by atoms with van der Waals surface area (Å²) < 4.78 is 0. The van der Waals surface area contributed by atoms with Gasteiger partial charge in [0.05, 0.1) is 0 Å². The van der Waals surface area contributed by atoms with Crippen molar-refractivity contribution in [2.75, 3.05) is 11.5 Å². The van der Waals surface area contributed by atoms with Gasteiger partial charge in [0.15, 0.2) is 0 Å². The molecule has 2 nitrogen and oxygen atoms in total. The van der Waals surface area contributed by atoms with Gasteiger partial charge in [0.25, 0.3) is 0 Å². The molecule has 3 atom stereocenters. The van der Waals surface area contributed by atoms with Gasteiger partial charge < -0.3 is 11.5 Å². The first-order valence-electron chi connectivity index (χ1n) is 28.3. The summed E-state index contributed by atoms with van der Waals surface area (Å²) in [6, 6.07) is 45.8. The fourth-order valence-corrected chi connectivity index (χ4v) is 12.4. The molecule has 0 saturated carbocycles. The van der Waals surface area contributed by atoms with Crippen LogP contribution in [0.25, 0.3) is 50.1 Å². The van der Waals surface area contributed by atoms with E-state index in [1.54, 1.807) is 22.3 Å². The van der Waals surface area contributed by atoms with Gasteiger partial charge in [0.2, 0.25) is 0 Å². The Morgan fingerprint density at radius 1 is 0.316 bits per heavy atom. The normalized spacial score (nSPS) is 16.6. The first-order valence-corrected chi connectivity index (χ1v) is 28.3. The van der Waals surface area contributed by atoms with E-state index in [2.05, 4.69) is 218 Å². The van der Waals surface area contributed by atoms with Crippen LogP contribution >= 0.6 is 0 Å². The van der Waals surface area contributed by atoms with Gasteiger partial charge in [-0.05, 0) is 319 Å². The number of anilines is 2. The summed E-state index contributed by atoms with van der Waals surface area (Å²) in [6.07, 6.45) is 9.86. The summed E-state index contributed by atoms with van der Waals surface area (Å²) in [7, 11) is 0. The van der Waals surface area contributed by atoms with Crippen molar-refractivity contribution in [1.82, 2.24) is 0 Å². The van der Waals surface area contributed by atoms with Crippen LogP contribution in [0.4, 0.5) is 11.4 Å². The number of nitrogens with two attached hydrogens (primary N) is 2. The smallest absolute Gasteiger partial charge is 0.0373 e. The molecule has 76 heavy (non-hydrogen) atoms. The highest BCUT2D eigenvalue weighted by Crippen LogP contribution is 2.40. The van der Waals surface area contributed by atoms with Gasteiger partial charge in [-0.15, -0.1) is 0 Å². The van der Waals surface area contributed by atoms with Gasteiger partial charge in [-0.2, -0.15) is 0 Å². The van der Waals surface area contributed by atoms with E-state index in [4.69, 9.17) is 11.5 Å². The molecule has 8 aromatic rings. The summed E-state index contributed by atoms with van der Waals surface area (Å²) >= 11 is 0. The minimum Gasteiger partial charge on any atom is -0.398 e. The van der Waals surface area contributed by atoms with Crippen molar-refractivity contribution in [3.05, 3.63) is 228 Å². The van der Waals surface area contributed by atoms with Crippen molar-refractivity contribution < 1.29 is 0 Å². The van der Waals surface area contributed by atoms with Crippen LogP contribution in [0, 0.1) is 69.2 Å². The molecule has 0 aliphatic heterocycles. The third kappa shape index (κ3) is 11.3. The summed E-state index contributed by atoms with van der Waals surface area (Å²) in [6.45, 7) is 32.7. The maximum atomic E-state index is 6.04. The molecule has 0 aromatic heterocycles. The Hall–Kier alpha value is -6.90. The van der Waals surface area contributed by atoms with Gasteiger partial charge in [-0.25, -0.2) is 0 Å². The molecule has 8 aromatic carbocycles. The molecule has 3 unspecified atom stereocenters. The predicted molar refractivity (Wildman–Crippen MR) is 331 cm³/mol. The summed E-state index contributed by atoms with van der Waals surface area (Å²) in [5.74, 6) is 2.19. The first-order chi connectivity index (χ1) is 36.2. The van der Waals surface area contributed by atoms with E-state index in [1.165, 1.54) is 155 Å². The largest absolute Gasteiger partial charge is 0.398 e. The van der Waals surface area contributed by atoms with Crippen LogP contribution in [0.5, 0.6) is 0 Å². The van der Waals surface area contributed by atoms with Crippen molar-refractivity contribution in [3.63, 3.8) is 0 Å². The summed E-state index contributed by atoms with van der Waals surface area (Å²) in [5.41, 5.74) is 50.8. The summed E-state index contributed by atoms with van der Waals surface area (Å²) in [5, 5.41) is 0. The second-order valence-corrected chi connectivity index (χ2v) is 23.6. The molecule has 0 fully saturated rings. The molecule has 4 aliphatic carbocycles. The fourth-order valence-electron chi connectivity index (χ4n) is 12.4. The Kier molecular flexibility index (Phi) is 15.9. The standard InChI is InChI=1S/2C19H22.C18H21N.C18H19N/c1-12-5-6-17-11-16(7-8-19(12)17)18-9-13(2)15(4)14(3)10-18;1-12-5-6-16-7-8-17(11-19(12)16)18-9-13(2)15(4)14(3)10-18;1-11-4-5-15-10-14(6-7-17(11)15)16-8-12(2)18(19)13(3)9-16;1-11-4-5-14-6-7-15(10-17(11)14)16-8-12(2)18(19)13(3)9-16/h2*7-12H,5-6H2,1-4H3;6-11H,4-5,19H2,1-3H3;6-10H,1,4-5,19H2,2-3H3. The van der Waals surface area contributed by atoms with Crippen molar-refractivity contribution >= 4 is 16.9 Å². The third-order valence-electron chi connectivity index (χ3n) is 18.1. The van der Waals surface area contributed by atoms with Crippen LogP contribution in [0.2, 0.25) is 0 Å². The predicted octanol–water partition coefficient (Wildman–Crippen LogP) is 19.8. The monoisotopic (exact) mass is 1000 g/mol. The quantitative estimate of drug-likeness (QED) is 0.173. The Morgan fingerprint density at radius 2 is 0.645 bits per heavy atom. The number of hydrogen-bond acceptors (Lipinski definition) is 2. The zero-order valence-corrected chi connectivity index (χ0v) is 48.3. The lowest BCUT2D eigenvalue weighted by atomic mass is 9.93. The van der Waals surface area contributed by atoms with E-state index >= 15 is 0 Å². The van der Waals surface area contributed by atoms with Crippen molar-refractivity contribution in [3.8, 4) is 44.5 Å². The zero-order valence-electron chi connectivity index (χ0n) is 48.3. The number of benzene rings is 8. The SMILES string of the molecule is C=C1CCc2ccc(-c3cc(C)c(N)c(C)c3)cc21.Cc1cc(-c2ccc3c(c2)C(C)CC3)cc(C)c1C.Cc1cc(-c2ccc3c(c2)CCC3C)cc(C)c1C.Cc1cc(-c2ccc3c(c2)CCC3C)cc(C)c1N. The fraction of sp³-hybridized carbons (Fsp3) is 0.324. The molecule has 0 bridgehead atoms. The minimum atomic E-state index is 0.721. The topological polar surface area (TPSA) is 52.0 Å². The van der Waals surface area contributed by atoms with Gasteiger partial charge in [-0.3, -0.25) is 0 Å². The van der Waals surface area contributed by atoms with Crippen molar-refractivity contribution in [1.29, 1.82) is 0 Å².